The van der Waals surface area contributed by atoms with Crippen LogP contribution < -0.4 is 0 Å². The molecule has 0 saturated heterocycles. The predicted molar refractivity (Wildman–Crippen MR) is 34.9 cm³/mol. The van der Waals surface area contributed by atoms with Crippen LogP contribution in [0.15, 0.2) is 17.5 Å². The van der Waals surface area contributed by atoms with E-state index in [2.05, 4.69) is 10.5 Å². The lowest BCUT2D eigenvalue weighted by atomic mass is 10.5. The van der Waals surface area contributed by atoms with Crippen molar-refractivity contribution in [2.45, 2.75) is 6.61 Å². The summed E-state index contributed by atoms with van der Waals surface area (Å²) in [5.74, 6) is 0. The van der Waals surface area contributed by atoms with Crippen LogP contribution in [0.25, 0.3) is 0 Å². The van der Waals surface area contributed by atoms with Crippen LogP contribution in [0.2, 0.25) is 0 Å². The van der Waals surface area contributed by atoms with E-state index in [0.717, 1.165) is 0 Å². The SMILES string of the molecule is [Si]OCc1cccs1. The van der Waals surface area contributed by atoms with Crippen LogP contribution in [0.4, 0.5) is 0 Å². The van der Waals surface area contributed by atoms with E-state index >= 15 is 0 Å². The van der Waals surface area contributed by atoms with Gasteiger partial charge >= 0.3 is 0 Å². The fraction of sp³-hybridized carbons (Fsp3) is 0.200. The molecule has 0 saturated carbocycles. The average molecular weight is 141 g/mol. The van der Waals surface area contributed by atoms with E-state index in [-0.39, 0.29) is 0 Å². The molecule has 8 heavy (non-hydrogen) atoms. The third-order valence-electron chi connectivity index (χ3n) is 0.795. The molecular formula is C5H5OSSi. The summed E-state index contributed by atoms with van der Waals surface area (Å²) in [7, 11) is 2.92. The summed E-state index contributed by atoms with van der Waals surface area (Å²) in [4.78, 5) is 1.24. The molecule has 1 rings (SSSR count). The molecule has 3 radical (unpaired) electrons. The highest BCUT2D eigenvalue weighted by molar-refractivity contribution is 7.09. The van der Waals surface area contributed by atoms with Crippen molar-refractivity contribution in [3.05, 3.63) is 22.4 Å². The smallest absolute Gasteiger partial charge is 0.246 e. The Labute approximate surface area is 55.8 Å². The number of hydrogen-bond acceptors (Lipinski definition) is 2. The van der Waals surface area contributed by atoms with Crippen LogP contribution in [0.1, 0.15) is 4.88 Å². The first-order chi connectivity index (χ1) is 3.93. The zero-order valence-electron chi connectivity index (χ0n) is 4.26. The fourth-order valence-corrected chi connectivity index (χ4v) is 1.34. The third-order valence-corrected chi connectivity index (χ3v) is 1.79. The lowest BCUT2D eigenvalue weighted by Gasteiger charge is -1.88. The summed E-state index contributed by atoms with van der Waals surface area (Å²) in [6.45, 7) is 0.661. The van der Waals surface area contributed by atoms with Crippen molar-refractivity contribution in [3.8, 4) is 0 Å². The molecule has 1 nitrogen and oxygen atoms in total. The molecule has 0 aliphatic heterocycles. The van der Waals surface area contributed by atoms with E-state index in [1.807, 2.05) is 17.5 Å². The van der Waals surface area contributed by atoms with Gasteiger partial charge in [0.25, 0.3) is 0 Å². The zero-order chi connectivity index (χ0) is 5.82. The van der Waals surface area contributed by atoms with Gasteiger partial charge in [0, 0.05) is 4.88 Å². The maximum Gasteiger partial charge on any atom is 0.246 e. The van der Waals surface area contributed by atoms with Crippen molar-refractivity contribution in [1.29, 1.82) is 0 Å². The monoisotopic (exact) mass is 141 g/mol. The molecule has 0 N–H and O–H groups in total. The van der Waals surface area contributed by atoms with Gasteiger partial charge in [0.2, 0.25) is 10.5 Å². The molecule has 0 aliphatic carbocycles. The Morgan fingerprint density at radius 1 is 1.75 bits per heavy atom. The van der Waals surface area contributed by atoms with Crippen molar-refractivity contribution in [1.82, 2.24) is 0 Å². The highest BCUT2D eigenvalue weighted by Gasteiger charge is 1.87. The van der Waals surface area contributed by atoms with E-state index in [1.165, 1.54) is 4.88 Å². The van der Waals surface area contributed by atoms with Gasteiger partial charge in [-0.25, -0.2) is 0 Å². The van der Waals surface area contributed by atoms with Crippen LogP contribution in [0.5, 0.6) is 0 Å². The molecule has 0 aromatic carbocycles. The molecule has 0 unspecified atom stereocenters. The number of thiophene rings is 1. The van der Waals surface area contributed by atoms with Crippen LogP contribution in [0.3, 0.4) is 0 Å². The van der Waals surface area contributed by atoms with Crippen molar-refractivity contribution >= 4 is 21.8 Å². The van der Waals surface area contributed by atoms with Crippen LogP contribution in [-0.4, -0.2) is 10.5 Å². The van der Waals surface area contributed by atoms with E-state index in [4.69, 9.17) is 4.43 Å². The fourth-order valence-electron chi connectivity index (χ4n) is 0.466. The lowest BCUT2D eigenvalue weighted by molar-refractivity contribution is 0.342. The second-order valence-electron chi connectivity index (χ2n) is 1.37. The van der Waals surface area contributed by atoms with Crippen molar-refractivity contribution in [2.24, 2.45) is 0 Å². The van der Waals surface area contributed by atoms with Gasteiger partial charge in [-0.3, -0.25) is 0 Å². The van der Waals surface area contributed by atoms with Gasteiger partial charge in [0.15, 0.2) is 0 Å². The molecule has 1 aromatic heterocycles. The minimum atomic E-state index is 0.661. The quantitative estimate of drug-likeness (QED) is 0.565. The van der Waals surface area contributed by atoms with Gasteiger partial charge in [0.05, 0.1) is 6.61 Å². The zero-order valence-corrected chi connectivity index (χ0v) is 6.07. The third kappa shape index (κ3) is 1.43. The molecule has 41 valence electrons. The van der Waals surface area contributed by atoms with E-state index < -0.39 is 0 Å². The first-order valence-corrected chi connectivity index (χ1v) is 3.53. The predicted octanol–water partition coefficient (Wildman–Crippen LogP) is 1.35. The second-order valence-corrected chi connectivity index (χ2v) is 2.69. The second kappa shape index (κ2) is 3.01. The largest absolute Gasteiger partial charge is 0.414 e. The Morgan fingerprint density at radius 3 is 3.12 bits per heavy atom. The van der Waals surface area contributed by atoms with Gasteiger partial charge in [-0.05, 0) is 11.4 Å². The highest BCUT2D eigenvalue weighted by Crippen LogP contribution is 2.08. The molecule has 0 bridgehead atoms. The van der Waals surface area contributed by atoms with Gasteiger partial charge in [-0.15, -0.1) is 11.3 Å². The minimum Gasteiger partial charge on any atom is -0.414 e. The standard InChI is InChI=1S/C5H5OSSi/c8-6-4-5-2-1-3-7-5/h1-3H,4H2. The van der Waals surface area contributed by atoms with E-state index in [1.54, 1.807) is 11.3 Å². The topological polar surface area (TPSA) is 9.23 Å². The summed E-state index contributed by atoms with van der Waals surface area (Å²) in [5, 5.41) is 2.03. The Bertz CT molecular complexity index is 138. The van der Waals surface area contributed by atoms with Crippen molar-refractivity contribution in [2.75, 3.05) is 0 Å². The van der Waals surface area contributed by atoms with Crippen molar-refractivity contribution < 1.29 is 4.43 Å². The molecule has 0 aliphatic rings. The van der Waals surface area contributed by atoms with E-state index in [0.29, 0.717) is 6.61 Å². The molecular weight excluding hydrogens is 136 g/mol. The lowest BCUT2D eigenvalue weighted by Crippen LogP contribution is -1.81. The molecule has 1 heterocycles. The molecule has 0 amide bonds. The summed E-state index contributed by atoms with van der Waals surface area (Å²) in [6, 6.07) is 4.04. The first kappa shape index (κ1) is 6.00. The molecule has 0 atom stereocenters. The molecule has 0 spiro atoms. The summed E-state index contributed by atoms with van der Waals surface area (Å²) in [6.07, 6.45) is 0. The van der Waals surface area contributed by atoms with Gasteiger partial charge in [-0.2, -0.15) is 0 Å². The Morgan fingerprint density at radius 2 is 2.62 bits per heavy atom. The normalized spacial score (nSPS) is 9.62. The van der Waals surface area contributed by atoms with Crippen LogP contribution >= 0.6 is 11.3 Å². The Balaban J connectivity index is 2.50. The van der Waals surface area contributed by atoms with Gasteiger partial charge in [-0.1, -0.05) is 6.07 Å². The summed E-state index contributed by atoms with van der Waals surface area (Å²) < 4.78 is 4.70. The first-order valence-electron chi connectivity index (χ1n) is 2.24. The average Bonchev–Trinajstić information content (AvgIpc) is 2.19. The number of rotatable bonds is 2. The maximum absolute atomic E-state index is 4.70. The summed E-state index contributed by atoms with van der Waals surface area (Å²) in [5.41, 5.74) is 0. The van der Waals surface area contributed by atoms with Gasteiger partial charge < -0.3 is 4.43 Å². The van der Waals surface area contributed by atoms with Crippen molar-refractivity contribution in [3.63, 3.8) is 0 Å². The molecule has 1 aromatic rings. The summed E-state index contributed by atoms with van der Waals surface area (Å²) >= 11 is 1.69. The Kier molecular flexibility index (Phi) is 2.26. The minimum absolute atomic E-state index is 0.661. The maximum atomic E-state index is 4.70. The van der Waals surface area contributed by atoms with E-state index in [9.17, 15) is 0 Å². The molecule has 0 fully saturated rings. The molecule has 3 heteroatoms. The number of hydrogen-bond donors (Lipinski definition) is 0. The van der Waals surface area contributed by atoms with Crippen LogP contribution in [0, 0.1) is 0 Å². The van der Waals surface area contributed by atoms with Crippen LogP contribution in [-0.2, 0) is 11.0 Å². The Hall–Kier alpha value is -0.123. The highest BCUT2D eigenvalue weighted by atomic mass is 32.1. The van der Waals surface area contributed by atoms with Gasteiger partial charge in [0.1, 0.15) is 0 Å².